The summed E-state index contributed by atoms with van der Waals surface area (Å²) in [7, 11) is 3.33. The van der Waals surface area contributed by atoms with Gasteiger partial charge in [-0.25, -0.2) is 0 Å². The zero-order valence-electron chi connectivity index (χ0n) is 13.6. The Morgan fingerprint density at radius 3 is 0.926 bits per heavy atom. The summed E-state index contributed by atoms with van der Waals surface area (Å²) in [5.74, 6) is 0. The normalized spacial score (nSPS) is 5.78. The number of rotatable bonds is 10. The molecule has 0 aliphatic heterocycles. The van der Waals surface area contributed by atoms with Gasteiger partial charge in [-0.2, -0.15) is 13.8 Å². The second-order valence-corrected chi connectivity index (χ2v) is 2.95. The summed E-state index contributed by atoms with van der Waals surface area (Å²) in [6, 6.07) is 0. The zero-order valence-corrected chi connectivity index (χ0v) is 21.4. The molecule has 0 aromatic rings. The monoisotopic (exact) mass is 551 g/mol. The second kappa shape index (κ2) is 102. The Hall–Kier alpha value is 2.75. The largest absolute Gasteiger partial charge is 1.00 e. The molecule has 1 radical (unpaired) electrons. The van der Waals surface area contributed by atoms with Gasteiger partial charge in [0.05, 0.1) is 26.4 Å². The molecule has 0 saturated heterocycles. The second-order valence-electron chi connectivity index (χ2n) is 2.95. The topological polar surface area (TPSA) is 36.9 Å². The molecule has 0 fully saturated rings. The third-order valence-electron chi connectivity index (χ3n) is 1.43. The van der Waals surface area contributed by atoms with Crippen molar-refractivity contribution in [3.05, 3.63) is 20.3 Å². The molecule has 4 nitrogen and oxygen atoms in total. The Labute approximate surface area is 253 Å². The molecule has 0 saturated carbocycles. The average Bonchev–Trinajstić information content (AvgIpc) is 2.31. The molecule has 0 rings (SSSR count). The first-order valence-electron chi connectivity index (χ1n) is 5.52. The molecule has 175 valence electrons. The summed E-state index contributed by atoms with van der Waals surface area (Å²) in [6.45, 7) is 8.15. The molecule has 0 spiro atoms. The quantitative estimate of drug-likeness (QED) is 0.300. The number of hydrogen-bond acceptors (Lipinski definition) is 4. The van der Waals surface area contributed by atoms with Gasteiger partial charge in [-0.1, -0.05) is 72.6 Å². The van der Waals surface area contributed by atoms with Crippen LogP contribution >= 0.6 is 0 Å². The van der Waals surface area contributed by atoms with Crippen LogP contribution < -0.4 is 58.2 Å². The van der Waals surface area contributed by atoms with Crippen LogP contribution in [0.15, 0.2) is 0 Å². The Morgan fingerprint density at radius 1 is 0.556 bits per heavy atom. The minimum Gasteiger partial charge on any atom is -0.411 e. The van der Waals surface area contributed by atoms with Crippen molar-refractivity contribution in [1.82, 2.24) is 0 Å². The van der Waals surface area contributed by atoms with E-state index in [0.717, 1.165) is 13.2 Å². The van der Waals surface area contributed by atoms with Crippen LogP contribution in [0.4, 0.5) is 0 Å². The van der Waals surface area contributed by atoms with Crippen LogP contribution in [-0.4, -0.2) is 53.9 Å². The van der Waals surface area contributed by atoms with Gasteiger partial charge in [0, 0.05) is 46.9 Å². The molecular weight excluding hydrogens is 491 g/mol. The van der Waals surface area contributed by atoms with Crippen molar-refractivity contribution in [3.8, 4) is 0 Å². The molecular formula is C21H61O4RbY-2. The van der Waals surface area contributed by atoms with Gasteiger partial charge in [-0.15, -0.1) is 0 Å². The molecule has 0 heterocycles. The summed E-state index contributed by atoms with van der Waals surface area (Å²) in [4.78, 5) is 0. The van der Waals surface area contributed by atoms with Crippen LogP contribution in [0, 0.1) is 20.3 Å². The minimum absolute atomic E-state index is 0. The van der Waals surface area contributed by atoms with Gasteiger partial charge in [0.15, 0.2) is 0 Å². The van der Waals surface area contributed by atoms with Crippen LogP contribution in [0.25, 0.3) is 0 Å². The van der Waals surface area contributed by atoms with Gasteiger partial charge in [0.2, 0.25) is 0 Å². The predicted molar refractivity (Wildman–Crippen MR) is 126 cm³/mol. The van der Waals surface area contributed by atoms with Crippen LogP contribution in [0.1, 0.15) is 73.3 Å². The summed E-state index contributed by atoms with van der Waals surface area (Å²) < 4.78 is 19.6. The van der Waals surface area contributed by atoms with E-state index in [9.17, 15) is 0 Å². The molecule has 0 amide bonds. The van der Waals surface area contributed by atoms with E-state index in [4.69, 9.17) is 18.9 Å². The van der Waals surface area contributed by atoms with Gasteiger partial charge in [0.25, 0.3) is 0 Å². The third-order valence-corrected chi connectivity index (χ3v) is 1.43. The third kappa shape index (κ3) is 127. The molecule has 0 aliphatic rings. The Kier molecular flexibility index (Phi) is 330. The molecule has 0 bridgehead atoms. The molecule has 27 heavy (non-hydrogen) atoms. The fourth-order valence-electron chi connectivity index (χ4n) is 0.687. The van der Waals surface area contributed by atoms with E-state index in [1.807, 2.05) is 26.7 Å². The maximum atomic E-state index is 5.04. The molecule has 0 unspecified atom stereocenters. The Balaban J connectivity index is -0.00000000938. The minimum atomic E-state index is 0. The first kappa shape index (κ1) is 87.6. The average molecular weight is 552 g/mol. The van der Waals surface area contributed by atoms with Crippen LogP contribution in [0.2, 0.25) is 0 Å². The van der Waals surface area contributed by atoms with E-state index in [1.54, 1.807) is 14.2 Å². The molecule has 0 aromatic heterocycles. The van der Waals surface area contributed by atoms with Crippen LogP contribution in [0.5, 0.6) is 0 Å². The van der Waals surface area contributed by atoms with Gasteiger partial charge in [-0.05, 0) is 0 Å². The number of ether oxygens (including phenoxy) is 4. The van der Waals surface area contributed by atoms with E-state index in [-0.39, 0.29) is 158 Å². The van der Waals surface area contributed by atoms with Crippen molar-refractivity contribution < 1.29 is 110 Å². The van der Waals surface area contributed by atoms with E-state index < -0.39 is 0 Å². The number of hydrogen-bond donors (Lipinski definition) is 0. The number of methoxy groups -OCH3 is 2. The van der Waals surface area contributed by atoms with Crippen LogP contribution in [0.3, 0.4) is 0 Å². The van der Waals surface area contributed by atoms with Crippen molar-refractivity contribution in [3.63, 3.8) is 0 Å². The molecule has 0 N–H and O–H groups in total. The van der Waals surface area contributed by atoms with Crippen molar-refractivity contribution in [1.29, 1.82) is 0 Å². The fraction of sp³-hybridized carbons (Fsp3) is 0.857. The van der Waals surface area contributed by atoms with Gasteiger partial charge in [0.1, 0.15) is 0 Å². The SMILES string of the molecule is C.C.C.C.C.C.C.C.C[CH-]COCCOC.C[CH-]COCCOC.[CH3-].[Rb+].[Y]. The van der Waals surface area contributed by atoms with Crippen molar-refractivity contribution in [2.75, 3.05) is 53.9 Å². The first-order valence-corrected chi connectivity index (χ1v) is 5.52. The van der Waals surface area contributed by atoms with Crippen molar-refractivity contribution in [2.45, 2.75) is 73.3 Å². The van der Waals surface area contributed by atoms with Crippen LogP contribution in [-0.2, 0) is 51.7 Å². The molecule has 6 heteroatoms. The zero-order chi connectivity index (χ0) is 12.5. The maximum absolute atomic E-state index is 5.04. The van der Waals surface area contributed by atoms with E-state index in [0.29, 0.717) is 26.4 Å². The Morgan fingerprint density at radius 2 is 0.778 bits per heavy atom. The predicted octanol–water partition coefficient (Wildman–Crippen LogP) is 4.29. The molecule has 0 atom stereocenters. The summed E-state index contributed by atoms with van der Waals surface area (Å²) in [5, 5.41) is 0. The maximum Gasteiger partial charge on any atom is 1.00 e. The van der Waals surface area contributed by atoms with E-state index >= 15 is 0 Å². The van der Waals surface area contributed by atoms with Gasteiger partial charge < -0.3 is 39.2 Å². The Bertz CT molecular complexity index is 90.2. The smallest absolute Gasteiger partial charge is 0.411 e. The van der Waals surface area contributed by atoms with Crippen molar-refractivity contribution in [2.24, 2.45) is 0 Å². The summed E-state index contributed by atoms with van der Waals surface area (Å²) >= 11 is 0. The summed E-state index contributed by atoms with van der Waals surface area (Å²) in [6.07, 6.45) is 3.94. The molecule has 0 aromatic carbocycles. The van der Waals surface area contributed by atoms with E-state index in [2.05, 4.69) is 0 Å². The molecule has 0 aliphatic carbocycles. The standard InChI is InChI=1S/2C6H13O2.8CH4.CH3.Rb.Y/c2*1-3-4-8-6-5-7-2;;;;;;;;;;;/h2*3H,4-6H2,1-2H3;8*1H4;1H3;;/q2*-1;;;;;;;;;-1;+1;. The summed E-state index contributed by atoms with van der Waals surface area (Å²) in [5.41, 5.74) is 0. The van der Waals surface area contributed by atoms with Crippen molar-refractivity contribution >= 4 is 0 Å². The first-order chi connectivity index (χ1) is 7.83. The fourth-order valence-corrected chi connectivity index (χ4v) is 0.687. The van der Waals surface area contributed by atoms with Gasteiger partial charge in [-0.3, -0.25) is 0 Å². The van der Waals surface area contributed by atoms with E-state index in [1.165, 1.54) is 0 Å². The van der Waals surface area contributed by atoms with Gasteiger partial charge >= 0.3 is 58.2 Å².